The topological polar surface area (TPSA) is 26.3 Å². The molecule has 0 spiro atoms. The van der Waals surface area contributed by atoms with Crippen LogP contribution < -0.4 is 0 Å². The minimum absolute atomic E-state index is 0.298. The molecule has 0 N–H and O–H groups in total. The van der Waals surface area contributed by atoms with E-state index in [9.17, 15) is 4.79 Å². The molecule has 0 radical (unpaired) electrons. The Hall–Kier alpha value is -0.370. The van der Waals surface area contributed by atoms with E-state index in [1.807, 2.05) is 0 Å². The smallest absolute Gasteiger partial charge is 0.136 e. The maximum atomic E-state index is 11.7. The van der Waals surface area contributed by atoms with E-state index in [-0.39, 0.29) is 0 Å². The fraction of sp³-hybridized carbons (Fsp3) is 0.917. The van der Waals surface area contributed by atoms with Crippen molar-refractivity contribution in [3.05, 3.63) is 0 Å². The molecule has 0 bridgehead atoms. The Morgan fingerprint density at radius 2 is 2.00 bits per heavy atom. The predicted molar refractivity (Wildman–Crippen MR) is 59.4 cm³/mol. The molecule has 0 fully saturated rings. The average molecular weight is 200 g/mol. The van der Waals surface area contributed by atoms with E-state index in [1.165, 1.54) is 12.8 Å². The van der Waals surface area contributed by atoms with Gasteiger partial charge in [0.2, 0.25) is 0 Å². The first-order valence-corrected chi connectivity index (χ1v) is 5.77. The molecular weight excluding hydrogens is 176 g/mol. The third kappa shape index (κ3) is 6.14. The molecule has 0 aromatic rings. The highest BCUT2D eigenvalue weighted by atomic mass is 16.5. The number of unbranched alkanes of at least 4 members (excludes halogenated alkanes) is 1. The standard InChI is InChI=1S/C12H24O2/c1-4-6-8-11(5-2)12(13)9-7-10-14-3/h11H,4-10H2,1-3H3. The molecule has 0 aromatic carbocycles. The van der Waals surface area contributed by atoms with E-state index in [1.54, 1.807) is 7.11 Å². The highest BCUT2D eigenvalue weighted by Crippen LogP contribution is 2.16. The van der Waals surface area contributed by atoms with Crippen LogP contribution in [0.5, 0.6) is 0 Å². The third-order valence-electron chi connectivity index (χ3n) is 2.63. The molecule has 0 heterocycles. The lowest BCUT2D eigenvalue weighted by molar-refractivity contribution is -0.123. The number of hydrogen-bond donors (Lipinski definition) is 0. The lowest BCUT2D eigenvalue weighted by Gasteiger charge is -2.12. The number of methoxy groups -OCH3 is 1. The van der Waals surface area contributed by atoms with Gasteiger partial charge in [-0.15, -0.1) is 0 Å². The maximum Gasteiger partial charge on any atom is 0.136 e. The van der Waals surface area contributed by atoms with Gasteiger partial charge in [0.05, 0.1) is 0 Å². The van der Waals surface area contributed by atoms with E-state index in [2.05, 4.69) is 13.8 Å². The molecule has 0 aliphatic heterocycles. The Morgan fingerprint density at radius 1 is 1.29 bits per heavy atom. The summed E-state index contributed by atoms with van der Waals surface area (Å²) in [6, 6.07) is 0. The number of carbonyl (C=O) groups excluding carboxylic acids is 1. The fourth-order valence-electron chi connectivity index (χ4n) is 1.64. The molecule has 0 aliphatic rings. The maximum absolute atomic E-state index is 11.7. The first kappa shape index (κ1) is 13.6. The van der Waals surface area contributed by atoms with Crippen molar-refractivity contribution < 1.29 is 9.53 Å². The van der Waals surface area contributed by atoms with Gasteiger partial charge >= 0.3 is 0 Å². The van der Waals surface area contributed by atoms with E-state index in [0.29, 0.717) is 24.7 Å². The number of carbonyl (C=O) groups is 1. The van der Waals surface area contributed by atoms with Gasteiger partial charge in [-0.05, 0) is 19.3 Å². The molecule has 1 unspecified atom stereocenters. The van der Waals surface area contributed by atoms with Crippen LogP contribution in [-0.4, -0.2) is 19.5 Å². The summed E-state index contributed by atoms with van der Waals surface area (Å²) in [5.74, 6) is 0.727. The van der Waals surface area contributed by atoms with E-state index < -0.39 is 0 Å². The second kappa shape index (κ2) is 9.20. The van der Waals surface area contributed by atoms with E-state index in [4.69, 9.17) is 4.74 Å². The van der Waals surface area contributed by atoms with Crippen molar-refractivity contribution in [2.45, 2.75) is 52.4 Å². The van der Waals surface area contributed by atoms with E-state index >= 15 is 0 Å². The summed E-state index contributed by atoms with van der Waals surface area (Å²) in [7, 11) is 1.68. The van der Waals surface area contributed by atoms with Crippen molar-refractivity contribution in [3.63, 3.8) is 0 Å². The van der Waals surface area contributed by atoms with Crippen LogP contribution in [0.1, 0.15) is 52.4 Å². The molecule has 0 saturated heterocycles. The number of Topliss-reactive ketones (excluding diaryl/α,β-unsaturated/α-hetero) is 1. The summed E-state index contributed by atoms with van der Waals surface area (Å²) >= 11 is 0. The highest BCUT2D eigenvalue weighted by molar-refractivity contribution is 5.80. The van der Waals surface area contributed by atoms with Crippen LogP contribution in [0.25, 0.3) is 0 Å². The molecular formula is C12H24O2. The van der Waals surface area contributed by atoms with Gasteiger partial charge in [0.1, 0.15) is 5.78 Å². The second-order valence-electron chi connectivity index (χ2n) is 3.81. The van der Waals surface area contributed by atoms with Crippen LogP contribution in [0, 0.1) is 5.92 Å². The normalized spacial score (nSPS) is 12.8. The molecule has 0 saturated carbocycles. The lowest BCUT2D eigenvalue weighted by Crippen LogP contribution is -2.14. The summed E-state index contributed by atoms with van der Waals surface area (Å²) in [4.78, 5) is 11.7. The Kier molecular flexibility index (Phi) is 8.95. The zero-order valence-electron chi connectivity index (χ0n) is 9.84. The summed E-state index contributed by atoms with van der Waals surface area (Å²) in [5.41, 5.74) is 0. The van der Waals surface area contributed by atoms with Crippen molar-refractivity contribution in [2.24, 2.45) is 5.92 Å². The fourth-order valence-corrected chi connectivity index (χ4v) is 1.64. The van der Waals surface area contributed by atoms with Gasteiger partial charge in [-0.1, -0.05) is 26.7 Å². The van der Waals surface area contributed by atoms with Crippen LogP contribution in [0.15, 0.2) is 0 Å². The van der Waals surface area contributed by atoms with Gasteiger partial charge < -0.3 is 4.74 Å². The van der Waals surface area contributed by atoms with Crippen molar-refractivity contribution in [1.29, 1.82) is 0 Å². The van der Waals surface area contributed by atoms with E-state index in [0.717, 1.165) is 19.3 Å². The minimum Gasteiger partial charge on any atom is -0.385 e. The van der Waals surface area contributed by atoms with Crippen molar-refractivity contribution in [2.75, 3.05) is 13.7 Å². The predicted octanol–water partition coefficient (Wildman–Crippen LogP) is 3.20. The zero-order chi connectivity index (χ0) is 10.8. The number of rotatable bonds is 9. The SMILES string of the molecule is CCCCC(CC)C(=O)CCCOC. The molecule has 84 valence electrons. The zero-order valence-corrected chi connectivity index (χ0v) is 9.84. The Bertz CT molecular complexity index is 143. The number of hydrogen-bond acceptors (Lipinski definition) is 2. The van der Waals surface area contributed by atoms with Crippen LogP contribution in [0.4, 0.5) is 0 Å². The molecule has 2 heteroatoms. The highest BCUT2D eigenvalue weighted by Gasteiger charge is 2.14. The van der Waals surface area contributed by atoms with Crippen LogP contribution >= 0.6 is 0 Å². The van der Waals surface area contributed by atoms with Gasteiger partial charge in [0.15, 0.2) is 0 Å². The van der Waals surface area contributed by atoms with Crippen LogP contribution in [-0.2, 0) is 9.53 Å². The molecule has 2 nitrogen and oxygen atoms in total. The molecule has 0 rings (SSSR count). The first-order chi connectivity index (χ1) is 6.76. The Labute approximate surface area is 88.0 Å². The molecule has 0 amide bonds. The monoisotopic (exact) mass is 200 g/mol. The Morgan fingerprint density at radius 3 is 2.50 bits per heavy atom. The van der Waals surface area contributed by atoms with Gasteiger partial charge in [0, 0.05) is 26.1 Å². The summed E-state index contributed by atoms with van der Waals surface area (Å²) in [6.45, 7) is 4.98. The summed E-state index contributed by atoms with van der Waals surface area (Å²) < 4.78 is 4.93. The number of ketones is 1. The van der Waals surface area contributed by atoms with Crippen LogP contribution in [0.3, 0.4) is 0 Å². The summed E-state index contributed by atoms with van der Waals surface area (Å²) in [5, 5.41) is 0. The first-order valence-electron chi connectivity index (χ1n) is 5.77. The van der Waals surface area contributed by atoms with Gasteiger partial charge in [-0.3, -0.25) is 4.79 Å². The minimum atomic E-state index is 0.298. The van der Waals surface area contributed by atoms with Gasteiger partial charge in [-0.25, -0.2) is 0 Å². The Balaban J connectivity index is 3.67. The molecule has 0 aliphatic carbocycles. The van der Waals surface area contributed by atoms with Crippen LogP contribution in [0.2, 0.25) is 0 Å². The van der Waals surface area contributed by atoms with Gasteiger partial charge in [-0.2, -0.15) is 0 Å². The van der Waals surface area contributed by atoms with Crippen molar-refractivity contribution >= 4 is 5.78 Å². The quantitative estimate of drug-likeness (QED) is 0.534. The third-order valence-corrected chi connectivity index (χ3v) is 2.63. The lowest BCUT2D eigenvalue weighted by atomic mass is 9.92. The second-order valence-corrected chi connectivity index (χ2v) is 3.81. The molecule has 1 atom stereocenters. The molecule has 14 heavy (non-hydrogen) atoms. The van der Waals surface area contributed by atoms with Crippen molar-refractivity contribution in [3.8, 4) is 0 Å². The average Bonchev–Trinajstić information content (AvgIpc) is 2.19. The largest absolute Gasteiger partial charge is 0.385 e. The van der Waals surface area contributed by atoms with Gasteiger partial charge in [0.25, 0.3) is 0 Å². The number of ether oxygens (including phenoxy) is 1. The van der Waals surface area contributed by atoms with Crippen molar-refractivity contribution in [1.82, 2.24) is 0 Å². The summed E-state index contributed by atoms with van der Waals surface area (Å²) in [6.07, 6.45) is 5.98. The molecule has 0 aromatic heterocycles.